The number of aromatic nitrogens is 4. The van der Waals surface area contributed by atoms with Crippen molar-refractivity contribution in [2.24, 2.45) is 0 Å². The third-order valence-corrected chi connectivity index (χ3v) is 9.38. The van der Waals surface area contributed by atoms with Crippen LogP contribution in [0.15, 0.2) is 17.3 Å². The smallest absolute Gasteiger partial charge is 0.209 e. The Labute approximate surface area is 247 Å². The van der Waals surface area contributed by atoms with Crippen molar-refractivity contribution < 1.29 is 13.6 Å². The van der Waals surface area contributed by atoms with E-state index >= 15 is 4.39 Å². The molecule has 0 aromatic carbocycles. The Balaban J connectivity index is 0.000000502. The van der Waals surface area contributed by atoms with Crippen LogP contribution in [0.4, 0.5) is 14.5 Å². The number of anilines is 1. The fourth-order valence-corrected chi connectivity index (χ4v) is 6.18. The van der Waals surface area contributed by atoms with Crippen LogP contribution < -0.4 is 9.62 Å². The minimum Gasteiger partial charge on any atom is -0.365 e. The van der Waals surface area contributed by atoms with Crippen LogP contribution in [0.25, 0.3) is 16.3 Å². The van der Waals surface area contributed by atoms with Crippen LogP contribution in [0.3, 0.4) is 0 Å². The van der Waals surface area contributed by atoms with E-state index < -0.39 is 17.6 Å². The van der Waals surface area contributed by atoms with Crippen molar-refractivity contribution >= 4 is 40.9 Å². The molecule has 0 bridgehead atoms. The number of carbonyl (C=O) groups is 1. The van der Waals surface area contributed by atoms with Gasteiger partial charge in [0.2, 0.25) is 6.41 Å². The molecule has 3 fully saturated rings. The van der Waals surface area contributed by atoms with Gasteiger partial charge in [0.1, 0.15) is 22.8 Å². The highest BCUT2D eigenvalue weighted by Crippen LogP contribution is 2.49. The molecule has 0 unspecified atom stereocenters. The molecule has 3 aromatic heterocycles. The Kier molecular flexibility index (Phi) is 9.84. The Morgan fingerprint density at radius 1 is 1.20 bits per heavy atom. The van der Waals surface area contributed by atoms with E-state index in [1.807, 2.05) is 18.2 Å². The van der Waals surface area contributed by atoms with Crippen molar-refractivity contribution in [3.8, 4) is 16.9 Å². The lowest BCUT2D eigenvalue weighted by molar-refractivity contribution is -0.115. The highest BCUT2D eigenvalue weighted by Gasteiger charge is 2.48. The molecule has 3 aromatic rings. The lowest BCUT2D eigenvalue weighted by Gasteiger charge is -2.34. The predicted octanol–water partition coefficient (Wildman–Crippen LogP) is 4.13. The number of nitrogens with one attached hydrogen (secondary N) is 1. The van der Waals surface area contributed by atoms with Crippen LogP contribution in [0.2, 0.25) is 0 Å². The van der Waals surface area contributed by atoms with E-state index in [1.54, 1.807) is 26.5 Å². The van der Waals surface area contributed by atoms with Crippen molar-refractivity contribution in [3.05, 3.63) is 23.2 Å². The Morgan fingerprint density at radius 3 is 2.39 bits per heavy atom. The van der Waals surface area contributed by atoms with Gasteiger partial charge in [-0.25, -0.2) is 13.8 Å². The molecule has 222 valence electrons. The van der Waals surface area contributed by atoms with Gasteiger partial charge in [-0.1, -0.05) is 25.2 Å². The standard InChI is InChI=1S/C22H24F2N8S2.C3H7NO.C2H6/c1-30-6-8-31(9-7-30)17-14-10-26-18(19-27-28-20(33-19)21(13-25)2-3-21)32(14)11-15(16(17)24)34-29-22(12-23)4-5-22;1-4(2)3-5;1-2/h10-11,29H,2-9,12H2,1H3;3H,1-2H3;1-2H3. The molecule has 2 saturated carbocycles. The third-order valence-electron chi connectivity index (χ3n) is 7.22. The Bertz CT molecular complexity index is 1390. The average molecular weight is 606 g/mol. The summed E-state index contributed by atoms with van der Waals surface area (Å²) in [4.78, 5) is 20.1. The molecule has 6 rings (SSSR count). The molecular weight excluding hydrogens is 568 g/mol. The summed E-state index contributed by atoms with van der Waals surface area (Å²) in [6.07, 6.45) is 7.21. The largest absolute Gasteiger partial charge is 0.365 e. The van der Waals surface area contributed by atoms with Crippen LogP contribution >= 0.6 is 23.3 Å². The van der Waals surface area contributed by atoms with E-state index in [2.05, 4.69) is 42.8 Å². The van der Waals surface area contributed by atoms with E-state index in [4.69, 9.17) is 0 Å². The minimum atomic E-state index is -0.554. The number of hydrogen-bond donors (Lipinski definition) is 1. The number of piperazine rings is 1. The zero-order chi connectivity index (χ0) is 29.8. The first kappa shape index (κ1) is 31.1. The molecular formula is C27H37F2N9OS2. The summed E-state index contributed by atoms with van der Waals surface area (Å²) in [6.45, 7) is 6.60. The summed E-state index contributed by atoms with van der Waals surface area (Å²) >= 11 is 2.51. The Morgan fingerprint density at radius 2 is 1.85 bits per heavy atom. The molecule has 41 heavy (non-hydrogen) atoms. The van der Waals surface area contributed by atoms with Gasteiger partial charge in [0, 0.05) is 46.5 Å². The second-order valence-corrected chi connectivity index (χ2v) is 12.4. The van der Waals surface area contributed by atoms with Gasteiger partial charge in [-0.2, -0.15) is 5.26 Å². The van der Waals surface area contributed by atoms with E-state index in [1.165, 1.54) is 16.2 Å². The number of alkyl halides is 1. The maximum atomic E-state index is 15.9. The number of carbonyl (C=O) groups excluding carboxylic acids is 1. The molecule has 3 aliphatic rings. The zero-order valence-electron chi connectivity index (χ0n) is 24.2. The number of halogens is 2. The topological polar surface area (TPSA) is 106 Å². The van der Waals surface area contributed by atoms with Crippen molar-refractivity contribution in [1.29, 1.82) is 5.26 Å². The number of imidazole rings is 1. The van der Waals surface area contributed by atoms with Gasteiger partial charge >= 0.3 is 0 Å². The number of hydrogen-bond acceptors (Lipinski definition) is 10. The van der Waals surface area contributed by atoms with Crippen molar-refractivity contribution in [1.82, 2.24) is 34.1 Å². The molecule has 1 saturated heterocycles. The summed E-state index contributed by atoms with van der Waals surface area (Å²) in [5.74, 6) is 0.242. The summed E-state index contributed by atoms with van der Waals surface area (Å²) in [7, 11) is 5.43. The number of pyridine rings is 1. The fourth-order valence-electron chi connectivity index (χ4n) is 4.21. The molecule has 0 spiro atoms. The van der Waals surface area contributed by atoms with Gasteiger partial charge in [-0.3, -0.25) is 13.9 Å². The van der Waals surface area contributed by atoms with Gasteiger partial charge in [0.15, 0.2) is 16.6 Å². The summed E-state index contributed by atoms with van der Waals surface area (Å²) in [5, 5.41) is 19.4. The minimum absolute atomic E-state index is 0.324. The van der Waals surface area contributed by atoms with Gasteiger partial charge in [-0.15, -0.1) is 10.2 Å². The SMILES string of the molecule is CC.CN(C)C=O.CN1CCN(c2c(F)c(SNC3(CF)CC3)cn3c(-c4nnc(C5(C#N)CC5)s4)ncc23)CC1. The highest BCUT2D eigenvalue weighted by molar-refractivity contribution is 7.97. The van der Waals surface area contributed by atoms with E-state index in [-0.39, 0.29) is 5.82 Å². The molecule has 14 heteroatoms. The lowest BCUT2D eigenvalue weighted by Crippen LogP contribution is -2.45. The Hall–Kier alpha value is -2.86. The van der Waals surface area contributed by atoms with E-state index in [0.717, 1.165) is 57.1 Å². The lowest BCUT2D eigenvalue weighted by atomic mass is 10.1. The first-order valence-corrected chi connectivity index (χ1v) is 15.4. The number of amides is 1. The molecule has 0 radical (unpaired) electrons. The molecule has 1 aliphatic heterocycles. The number of nitriles is 1. The fraction of sp³-hybridized carbons (Fsp3) is 0.593. The van der Waals surface area contributed by atoms with Gasteiger partial charge in [-0.05, 0) is 44.7 Å². The molecule has 2 aliphatic carbocycles. The number of likely N-dealkylation sites (N-methyl/N-ethyl adjacent to an activating group) is 1. The normalized spacial score (nSPS) is 18.4. The summed E-state index contributed by atoms with van der Waals surface area (Å²) in [6, 6.07) is 2.36. The zero-order valence-corrected chi connectivity index (χ0v) is 25.8. The molecule has 1 amide bonds. The predicted molar refractivity (Wildman–Crippen MR) is 158 cm³/mol. The quantitative estimate of drug-likeness (QED) is 0.300. The van der Waals surface area contributed by atoms with Gasteiger partial charge in [0.25, 0.3) is 0 Å². The molecule has 10 nitrogen and oxygen atoms in total. The average Bonchev–Trinajstić information content (AvgIpc) is 3.87. The summed E-state index contributed by atoms with van der Waals surface area (Å²) in [5.41, 5.74) is 0.0907. The number of rotatable bonds is 8. The number of nitrogens with zero attached hydrogens (tertiary/aromatic N) is 8. The summed E-state index contributed by atoms with van der Waals surface area (Å²) < 4.78 is 34.3. The van der Waals surface area contributed by atoms with E-state index in [0.29, 0.717) is 45.0 Å². The van der Waals surface area contributed by atoms with Crippen LogP contribution in [-0.4, -0.2) is 95.3 Å². The van der Waals surface area contributed by atoms with Crippen LogP contribution in [0, 0.1) is 17.1 Å². The first-order chi connectivity index (χ1) is 19.7. The maximum Gasteiger partial charge on any atom is 0.209 e. The van der Waals surface area contributed by atoms with Crippen molar-refractivity contribution in [3.63, 3.8) is 0 Å². The second-order valence-electron chi connectivity index (χ2n) is 10.6. The second kappa shape index (κ2) is 13.0. The molecule has 4 heterocycles. The molecule has 1 N–H and O–H groups in total. The van der Waals surface area contributed by atoms with Gasteiger partial charge in [0.05, 0.1) is 28.2 Å². The monoisotopic (exact) mass is 605 g/mol. The third kappa shape index (κ3) is 6.63. The maximum absolute atomic E-state index is 15.9. The van der Waals surface area contributed by atoms with E-state index in [9.17, 15) is 14.4 Å². The van der Waals surface area contributed by atoms with Crippen LogP contribution in [0.1, 0.15) is 44.5 Å². The first-order valence-electron chi connectivity index (χ1n) is 13.7. The van der Waals surface area contributed by atoms with Gasteiger partial charge < -0.3 is 14.7 Å². The van der Waals surface area contributed by atoms with Crippen molar-refractivity contribution in [2.75, 3.05) is 58.9 Å². The van der Waals surface area contributed by atoms with Crippen LogP contribution in [-0.2, 0) is 10.2 Å². The number of fused-ring (bicyclic) bond motifs is 1. The van der Waals surface area contributed by atoms with Crippen LogP contribution in [0.5, 0.6) is 0 Å². The molecule has 0 atom stereocenters. The highest BCUT2D eigenvalue weighted by atomic mass is 32.2. The van der Waals surface area contributed by atoms with Crippen molar-refractivity contribution in [2.45, 2.75) is 55.4 Å².